The van der Waals surface area contributed by atoms with Crippen LogP contribution in [0.5, 0.6) is 0 Å². The third-order valence-electron chi connectivity index (χ3n) is 2.59. The van der Waals surface area contributed by atoms with Gasteiger partial charge in [-0.1, -0.05) is 31.2 Å². The fourth-order valence-electron chi connectivity index (χ4n) is 1.55. The number of rotatable bonds is 4. The molecule has 0 bridgehead atoms. The van der Waals surface area contributed by atoms with Gasteiger partial charge in [-0.2, -0.15) is 0 Å². The zero-order valence-corrected chi connectivity index (χ0v) is 11.2. The summed E-state index contributed by atoms with van der Waals surface area (Å²) in [6.45, 7) is 12.1. The summed E-state index contributed by atoms with van der Waals surface area (Å²) in [7, 11) is 0. The standard InChI is InChI=1S/C16H21N/c1-6-14-8-15(7-2)10-16(9-14)13(5)17-11-12(3)4/h6,8-11H,1,7H2,2-5H3. The lowest BCUT2D eigenvalue weighted by molar-refractivity contribution is 1.14. The van der Waals surface area contributed by atoms with E-state index < -0.39 is 0 Å². The van der Waals surface area contributed by atoms with Gasteiger partial charge in [0.25, 0.3) is 0 Å². The van der Waals surface area contributed by atoms with Gasteiger partial charge in [-0.15, -0.1) is 0 Å². The van der Waals surface area contributed by atoms with Crippen molar-refractivity contribution in [2.24, 2.45) is 4.99 Å². The number of benzene rings is 1. The van der Waals surface area contributed by atoms with E-state index >= 15 is 0 Å². The second-order valence-corrected chi connectivity index (χ2v) is 4.44. The van der Waals surface area contributed by atoms with E-state index in [2.05, 4.69) is 50.5 Å². The molecule has 1 aromatic rings. The Labute approximate surface area is 105 Å². The maximum absolute atomic E-state index is 4.47. The van der Waals surface area contributed by atoms with Gasteiger partial charge in [0.05, 0.1) is 0 Å². The van der Waals surface area contributed by atoms with Gasteiger partial charge >= 0.3 is 0 Å². The number of nitrogens with zero attached hydrogens (tertiary/aromatic N) is 1. The lowest BCUT2D eigenvalue weighted by Gasteiger charge is -2.06. The van der Waals surface area contributed by atoms with Crippen molar-refractivity contribution in [2.75, 3.05) is 0 Å². The Morgan fingerprint density at radius 1 is 1.24 bits per heavy atom. The van der Waals surface area contributed by atoms with Crippen LogP contribution in [0.1, 0.15) is 44.4 Å². The number of hydrogen-bond donors (Lipinski definition) is 0. The molecule has 0 spiro atoms. The van der Waals surface area contributed by atoms with E-state index in [-0.39, 0.29) is 0 Å². The minimum atomic E-state index is 1.03. The molecule has 0 amide bonds. The first kappa shape index (κ1) is 13.4. The van der Waals surface area contributed by atoms with E-state index in [9.17, 15) is 0 Å². The Bertz CT molecular complexity index is 460. The van der Waals surface area contributed by atoms with Crippen LogP contribution in [0.3, 0.4) is 0 Å². The number of hydrogen-bond acceptors (Lipinski definition) is 1. The summed E-state index contributed by atoms with van der Waals surface area (Å²) in [4.78, 5) is 4.47. The highest BCUT2D eigenvalue weighted by atomic mass is 14.7. The molecule has 1 rings (SSSR count). The van der Waals surface area contributed by atoms with E-state index in [1.54, 1.807) is 0 Å². The largest absolute Gasteiger partial charge is 0.261 e. The Hall–Kier alpha value is -1.63. The van der Waals surface area contributed by atoms with Gasteiger partial charge in [0.1, 0.15) is 0 Å². The summed E-state index contributed by atoms with van der Waals surface area (Å²) >= 11 is 0. The Morgan fingerprint density at radius 2 is 1.94 bits per heavy atom. The van der Waals surface area contributed by atoms with Crippen molar-refractivity contribution in [3.63, 3.8) is 0 Å². The molecule has 0 aliphatic heterocycles. The lowest BCUT2D eigenvalue weighted by Crippen LogP contribution is -1.96. The molecule has 1 nitrogen and oxygen atoms in total. The van der Waals surface area contributed by atoms with Crippen LogP contribution in [0.15, 0.2) is 41.5 Å². The summed E-state index contributed by atoms with van der Waals surface area (Å²) in [5, 5.41) is 0. The van der Waals surface area contributed by atoms with E-state index in [1.165, 1.54) is 16.7 Å². The van der Waals surface area contributed by atoms with Crippen molar-refractivity contribution in [3.05, 3.63) is 53.2 Å². The van der Waals surface area contributed by atoms with Gasteiger partial charge in [0, 0.05) is 11.9 Å². The van der Waals surface area contributed by atoms with Crippen LogP contribution in [-0.2, 0) is 6.42 Å². The molecule has 90 valence electrons. The molecule has 0 saturated carbocycles. The summed E-state index contributed by atoms with van der Waals surface area (Å²) in [6, 6.07) is 6.50. The van der Waals surface area contributed by atoms with Gasteiger partial charge in [0.2, 0.25) is 0 Å². The second kappa shape index (κ2) is 6.19. The summed E-state index contributed by atoms with van der Waals surface area (Å²) in [5.41, 5.74) is 5.91. The fourth-order valence-corrected chi connectivity index (χ4v) is 1.55. The Kier molecular flexibility index (Phi) is 4.89. The topological polar surface area (TPSA) is 12.4 Å². The maximum Gasteiger partial charge on any atom is 0.0445 e. The highest BCUT2D eigenvalue weighted by Crippen LogP contribution is 2.13. The molecule has 0 N–H and O–H groups in total. The average molecular weight is 227 g/mol. The molecule has 0 aliphatic carbocycles. The SMILES string of the molecule is C=Cc1cc(CC)cc(C(C)=NC=C(C)C)c1. The van der Waals surface area contributed by atoms with E-state index in [1.807, 2.05) is 19.2 Å². The molecule has 1 heteroatoms. The molecule has 17 heavy (non-hydrogen) atoms. The van der Waals surface area contributed by atoms with E-state index in [4.69, 9.17) is 0 Å². The average Bonchev–Trinajstić information content (AvgIpc) is 2.34. The summed E-state index contributed by atoms with van der Waals surface area (Å²) in [6.07, 6.45) is 4.82. The second-order valence-electron chi connectivity index (χ2n) is 4.44. The van der Waals surface area contributed by atoms with Crippen molar-refractivity contribution in [3.8, 4) is 0 Å². The van der Waals surface area contributed by atoms with E-state index in [0.29, 0.717) is 0 Å². The number of allylic oxidation sites excluding steroid dienone is 1. The highest BCUT2D eigenvalue weighted by molar-refractivity contribution is 5.99. The third-order valence-corrected chi connectivity index (χ3v) is 2.59. The predicted octanol–water partition coefficient (Wildman–Crippen LogP) is 4.62. The van der Waals surface area contributed by atoms with Gasteiger partial charge < -0.3 is 0 Å². The number of aryl methyl sites for hydroxylation is 1. The molecule has 0 aromatic heterocycles. The van der Waals surface area contributed by atoms with Crippen molar-refractivity contribution < 1.29 is 0 Å². The minimum absolute atomic E-state index is 1.03. The lowest BCUT2D eigenvalue weighted by atomic mass is 10.0. The quantitative estimate of drug-likeness (QED) is 0.665. The molecule has 0 atom stereocenters. The first-order chi connectivity index (χ1) is 8.06. The predicted molar refractivity (Wildman–Crippen MR) is 77.6 cm³/mol. The van der Waals surface area contributed by atoms with Crippen LogP contribution in [0.25, 0.3) is 6.08 Å². The molecule has 0 unspecified atom stereocenters. The van der Waals surface area contributed by atoms with Crippen LogP contribution in [0, 0.1) is 0 Å². The molecular formula is C16H21N. The minimum Gasteiger partial charge on any atom is -0.261 e. The van der Waals surface area contributed by atoms with Crippen molar-refractivity contribution in [1.82, 2.24) is 0 Å². The third kappa shape index (κ3) is 4.03. The molecule has 0 saturated heterocycles. The first-order valence-corrected chi connectivity index (χ1v) is 6.01. The van der Waals surface area contributed by atoms with Crippen LogP contribution >= 0.6 is 0 Å². The van der Waals surface area contributed by atoms with Crippen LogP contribution in [0.2, 0.25) is 0 Å². The van der Waals surface area contributed by atoms with Gasteiger partial charge in [-0.25, -0.2) is 0 Å². The van der Waals surface area contributed by atoms with Crippen LogP contribution in [0.4, 0.5) is 0 Å². The van der Waals surface area contributed by atoms with Crippen molar-refractivity contribution in [2.45, 2.75) is 34.1 Å². The monoisotopic (exact) mass is 227 g/mol. The Balaban J connectivity index is 3.16. The normalized spacial score (nSPS) is 11.2. The first-order valence-electron chi connectivity index (χ1n) is 6.01. The van der Waals surface area contributed by atoms with Gasteiger partial charge in [-0.05, 0) is 56.0 Å². The van der Waals surface area contributed by atoms with Gasteiger partial charge in [-0.3, -0.25) is 4.99 Å². The van der Waals surface area contributed by atoms with Crippen LogP contribution < -0.4 is 0 Å². The molecular weight excluding hydrogens is 206 g/mol. The molecule has 1 aromatic carbocycles. The smallest absolute Gasteiger partial charge is 0.0445 e. The Morgan fingerprint density at radius 3 is 2.47 bits per heavy atom. The molecule has 0 heterocycles. The molecule has 0 aliphatic rings. The zero-order valence-electron chi connectivity index (χ0n) is 11.2. The molecule has 0 radical (unpaired) electrons. The zero-order chi connectivity index (χ0) is 12.8. The van der Waals surface area contributed by atoms with Gasteiger partial charge in [0.15, 0.2) is 0 Å². The van der Waals surface area contributed by atoms with E-state index in [0.717, 1.165) is 17.7 Å². The maximum atomic E-state index is 4.47. The van der Waals surface area contributed by atoms with Crippen molar-refractivity contribution >= 4 is 11.8 Å². The molecule has 0 fully saturated rings. The summed E-state index contributed by atoms with van der Waals surface area (Å²) < 4.78 is 0. The highest BCUT2D eigenvalue weighted by Gasteiger charge is 2.00. The number of aliphatic imine (C=N–C) groups is 1. The van der Waals surface area contributed by atoms with Crippen LogP contribution in [-0.4, -0.2) is 5.71 Å². The van der Waals surface area contributed by atoms with Crippen molar-refractivity contribution in [1.29, 1.82) is 0 Å². The fraction of sp³-hybridized carbons (Fsp3) is 0.312. The summed E-state index contributed by atoms with van der Waals surface area (Å²) in [5.74, 6) is 0.